The van der Waals surface area contributed by atoms with Crippen molar-refractivity contribution >= 4 is 46.1 Å². The molecule has 116 valence electrons. The number of hydrogen-bond acceptors (Lipinski definition) is 4. The Labute approximate surface area is 146 Å². The smallest absolute Gasteiger partial charge is 0.173 e. The molecule has 1 aromatic carbocycles. The molecule has 0 aliphatic carbocycles. The Morgan fingerprint density at radius 1 is 1.30 bits per heavy atom. The van der Waals surface area contributed by atoms with E-state index in [4.69, 9.17) is 35.0 Å². The van der Waals surface area contributed by atoms with Gasteiger partial charge in [-0.1, -0.05) is 35.0 Å². The van der Waals surface area contributed by atoms with Crippen molar-refractivity contribution in [2.24, 2.45) is 0 Å². The van der Waals surface area contributed by atoms with Crippen molar-refractivity contribution in [3.63, 3.8) is 0 Å². The fourth-order valence-corrected chi connectivity index (χ4v) is 3.59. The Morgan fingerprint density at radius 3 is 2.74 bits per heavy atom. The number of terminal acetylenes is 1. The Bertz CT molecular complexity index is 950. The first-order valence-corrected chi connectivity index (χ1v) is 8.21. The van der Waals surface area contributed by atoms with E-state index in [1.165, 1.54) is 11.8 Å². The number of aromatic nitrogens is 4. The van der Waals surface area contributed by atoms with Crippen LogP contribution in [-0.4, -0.2) is 19.5 Å². The molecule has 0 radical (unpaired) electrons. The van der Waals surface area contributed by atoms with Gasteiger partial charge in [0.25, 0.3) is 0 Å². The van der Waals surface area contributed by atoms with Gasteiger partial charge >= 0.3 is 0 Å². The van der Waals surface area contributed by atoms with E-state index in [1.54, 1.807) is 24.5 Å². The van der Waals surface area contributed by atoms with Crippen molar-refractivity contribution in [3.05, 3.63) is 40.1 Å². The third kappa shape index (κ3) is 3.53. The summed E-state index contributed by atoms with van der Waals surface area (Å²) in [5.41, 5.74) is 1.36. The molecule has 3 aromatic rings. The first kappa shape index (κ1) is 15.9. The minimum Gasteiger partial charge on any atom is -0.328 e. The van der Waals surface area contributed by atoms with Gasteiger partial charge in [-0.3, -0.25) is 5.41 Å². The molecule has 0 atom stereocenters. The monoisotopic (exact) mass is 363 g/mol. The van der Waals surface area contributed by atoms with E-state index in [-0.39, 0.29) is 5.49 Å². The molecule has 0 fully saturated rings. The number of imidazole rings is 1. The van der Waals surface area contributed by atoms with Gasteiger partial charge in [0.1, 0.15) is 5.52 Å². The Morgan fingerprint density at radius 2 is 2.04 bits per heavy atom. The zero-order valence-electron chi connectivity index (χ0n) is 11.8. The summed E-state index contributed by atoms with van der Waals surface area (Å²) in [5.74, 6) is 2.59. The minimum atomic E-state index is 0.139. The zero-order chi connectivity index (χ0) is 16.4. The summed E-state index contributed by atoms with van der Waals surface area (Å²) in [6.07, 6.45) is 7.45. The molecule has 0 unspecified atom stereocenters. The van der Waals surface area contributed by atoms with Crippen LogP contribution in [0.5, 0.6) is 0 Å². The third-order valence-electron chi connectivity index (χ3n) is 3.05. The lowest BCUT2D eigenvalue weighted by atomic mass is 10.4. The summed E-state index contributed by atoms with van der Waals surface area (Å²) in [6.45, 7) is 0.595. The van der Waals surface area contributed by atoms with E-state index in [0.717, 1.165) is 4.90 Å². The molecule has 8 heteroatoms. The molecule has 0 aliphatic heterocycles. The number of fused-ring (bicyclic) bond motifs is 1. The maximum atomic E-state index is 7.91. The van der Waals surface area contributed by atoms with E-state index < -0.39 is 0 Å². The first-order chi connectivity index (χ1) is 11.1. The molecule has 2 N–H and O–H groups in total. The van der Waals surface area contributed by atoms with Crippen molar-refractivity contribution in [1.29, 1.82) is 5.41 Å². The molecule has 2 heterocycles. The maximum Gasteiger partial charge on any atom is 0.173 e. The number of aromatic amines is 1. The molecule has 0 saturated carbocycles. The number of nitrogens with zero attached hydrogens (tertiary/aromatic N) is 3. The van der Waals surface area contributed by atoms with Crippen LogP contribution in [0.3, 0.4) is 0 Å². The molecule has 0 bridgehead atoms. The highest BCUT2D eigenvalue weighted by molar-refractivity contribution is 7.99. The summed E-state index contributed by atoms with van der Waals surface area (Å²) < 4.78 is 1.83. The average molecular weight is 364 g/mol. The van der Waals surface area contributed by atoms with E-state index >= 15 is 0 Å². The van der Waals surface area contributed by atoms with Gasteiger partial charge in [-0.05, 0) is 18.2 Å². The van der Waals surface area contributed by atoms with Crippen LogP contribution in [0.2, 0.25) is 10.0 Å². The van der Waals surface area contributed by atoms with Crippen LogP contribution in [0.4, 0.5) is 0 Å². The zero-order valence-corrected chi connectivity index (χ0v) is 14.1. The van der Waals surface area contributed by atoms with Crippen molar-refractivity contribution in [3.8, 4) is 12.3 Å². The fourth-order valence-electron chi connectivity index (χ4n) is 2.06. The van der Waals surface area contributed by atoms with E-state index in [2.05, 4.69) is 20.9 Å². The standard InChI is InChI=1S/C15H11Cl2N5S/c1-2-3-4-22-8-19-13(18)12-14(22)21-15(20-12)23-11-6-9(16)5-10(17)7-11/h1,5-8,18H,3-4H2,(H,20,21). The SMILES string of the molecule is C#CCCn1cnc(=N)c2[nH]c(Sc3cc(Cl)cc(Cl)c3)nc21. The van der Waals surface area contributed by atoms with Crippen molar-refractivity contribution in [1.82, 2.24) is 19.5 Å². The van der Waals surface area contributed by atoms with Crippen LogP contribution >= 0.6 is 35.0 Å². The van der Waals surface area contributed by atoms with Crippen LogP contribution in [0.1, 0.15) is 6.42 Å². The summed E-state index contributed by atoms with van der Waals surface area (Å²) in [4.78, 5) is 12.6. The fraction of sp³-hybridized carbons (Fsp3) is 0.133. The summed E-state index contributed by atoms with van der Waals surface area (Å²) in [5, 5.41) is 9.66. The summed E-state index contributed by atoms with van der Waals surface area (Å²) >= 11 is 13.4. The van der Waals surface area contributed by atoms with Crippen LogP contribution in [0, 0.1) is 17.8 Å². The highest BCUT2D eigenvalue weighted by atomic mass is 35.5. The predicted molar refractivity (Wildman–Crippen MR) is 91.8 cm³/mol. The first-order valence-electron chi connectivity index (χ1n) is 6.64. The molecule has 3 rings (SSSR count). The van der Waals surface area contributed by atoms with Crippen molar-refractivity contribution in [2.45, 2.75) is 23.0 Å². The third-order valence-corrected chi connectivity index (χ3v) is 4.34. The number of H-pyrrole nitrogens is 1. The number of nitrogens with one attached hydrogen (secondary N) is 2. The highest BCUT2D eigenvalue weighted by Crippen LogP contribution is 2.31. The molecule has 5 nitrogen and oxygen atoms in total. The van der Waals surface area contributed by atoms with Crippen LogP contribution in [0.25, 0.3) is 11.2 Å². The quantitative estimate of drug-likeness (QED) is 0.693. The molecular formula is C15H11Cl2N5S. The number of benzene rings is 1. The molecule has 0 amide bonds. The van der Waals surface area contributed by atoms with Gasteiger partial charge in [0, 0.05) is 27.9 Å². The summed E-state index contributed by atoms with van der Waals surface area (Å²) in [7, 11) is 0. The van der Waals surface area contributed by atoms with E-state index in [9.17, 15) is 0 Å². The number of hydrogen-bond donors (Lipinski definition) is 2. The van der Waals surface area contributed by atoms with Crippen molar-refractivity contribution in [2.75, 3.05) is 0 Å². The Kier molecular flexibility index (Phi) is 4.62. The topological polar surface area (TPSA) is 70.3 Å². The van der Waals surface area contributed by atoms with Gasteiger partial charge in [0.05, 0.1) is 6.33 Å². The highest BCUT2D eigenvalue weighted by Gasteiger charge is 2.10. The van der Waals surface area contributed by atoms with Gasteiger partial charge in [-0.2, -0.15) is 0 Å². The van der Waals surface area contributed by atoms with Gasteiger partial charge in [-0.25, -0.2) is 9.97 Å². The summed E-state index contributed by atoms with van der Waals surface area (Å²) in [6, 6.07) is 5.28. The van der Waals surface area contributed by atoms with Crippen LogP contribution in [-0.2, 0) is 6.54 Å². The molecule has 2 aromatic heterocycles. The van der Waals surface area contributed by atoms with Gasteiger partial charge < -0.3 is 9.55 Å². The second-order valence-electron chi connectivity index (χ2n) is 4.69. The van der Waals surface area contributed by atoms with Gasteiger partial charge in [0.2, 0.25) is 0 Å². The minimum absolute atomic E-state index is 0.139. The van der Waals surface area contributed by atoms with Crippen LogP contribution in [0.15, 0.2) is 34.6 Å². The van der Waals surface area contributed by atoms with Crippen LogP contribution < -0.4 is 5.49 Å². The molecule has 23 heavy (non-hydrogen) atoms. The lowest BCUT2D eigenvalue weighted by molar-refractivity contribution is 0.712. The maximum absolute atomic E-state index is 7.91. The molecular weight excluding hydrogens is 353 g/mol. The van der Waals surface area contributed by atoms with E-state index in [1.807, 2.05) is 4.57 Å². The van der Waals surface area contributed by atoms with Gasteiger partial charge in [-0.15, -0.1) is 12.3 Å². The van der Waals surface area contributed by atoms with E-state index in [0.29, 0.717) is 39.3 Å². The van der Waals surface area contributed by atoms with Gasteiger partial charge in [0.15, 0.2) is 16.3 Å². The molecule has 0 spiro atoms. The number of aryl methyl sites for hydroxylation is 1. The Hall–Kier alpha value is -1.94. The molecule has 0 saturated heterocycles. The van der Waals surface area contributed by atoms with Crippen molar-refractivity contribution < 1.29 is 0 Å². The number of rotatable bonds is 4. The predicted octanol–water partition coefficient (Wildman–Crippen LogP) is 3.72. The average Bonchev–Trinajstić information content (AvgIpc) is 2.90. The number of halogens is 2. The Balaban J connectivity index is 2.01. The molecule has 0 aliphatic rings. The lowest BCUT2D eigenvalue weighted by Crippen LogP contribution is -2.12. The normalized spacial score (nSPS) is 10.8. The lowest BCUT2D eigenvalue weighted by Gasteiger charge is -2.03. The second-order valence-corrected chi connectivity index (χ2v) is 6.62. The largest absolute Gasteiger partial charge is 0.328 e. The second kappa shape index (κ2) is 6.67.